The Balaban J connectivity index is 2.12. The fourth-order valence-electron chi connectivity index (χ4n) is 1.58. The van der Waals surface area contributed by atoms with Crippen molar-refractivity contribution in [2.24, 2.45) is 0 Å². The van der Waals surface area contributed by atoms with E-state index in [2.05, 4.69) is 10.1 Å². The summed E-state index contributed by atoms with van der Waals surface area (Å²) in [5, 5.41) is 12.3. The molecule has 0 aromatic heterocycles. The van der Waals surface area contributed by atoms with Crippen molar-refractivity contribution in [1.29, 1.82) is 0 Å². The highest BCUT2D eigenvalue weighted by Gasteiger charge is 2.19. The molecule has 1 rings (SSSR count). The van der Waals surface area contributed by atoms with Gasteiger partial charge < -0.3 is 15.2 Å². The van der Waals surface area contributed by atoms with E-state index in [1.165, 1.54) is 7.11 Å². The molecule has 0 amide bonds. The number of aliphatic hydroxyl groups is 1. The average Bonchev–Trinajstić information content (AvgIpc) is 2.16. The van der Waals surface area contributed by atoms with Crippen LogP contribution in [0.15, 0.2) is 0 Å². The van der Waals surface area contributed by atoms with Gasteiger partial charge >= 0.3 is 5.97 Å². The maximum absolute atomic E-state index is 10.8. The van der Waals surface area contributed by atoms with Gasteiger partial charge in [0, 0.05) is 6.04 Å². The highest BCUT2D eigenvalue weighted by atomic mass is 16.5. The minimum Gasteiger partial charge on any atom is -0.468 e. The summed E-state index contributed by atoms with van der Waals surface area (Å²) in [7, 11) is 1.38. The molecule has 2 N–H and O–H groups in total. The van der Waals surface area contributed by atoms with E-state index in [4.69, 9.17) is 0 Å². The molecule has 0 atom stereocenters. The first-order valence-corrected chi connectivity index (χ1v) is 4.70. The number of rotatable bonds is 3. The average molecular weight is 187 g/mol. The predicted molar refractivity (Wildman–Crippen MR) is 48.3 cm³/mol. The van der Waals surface area contributed by atoms with Crippen molar-refractivity contribution in [3.63, 3.8) is 0 Å². The molecule has 1 aliphatic carbocycles. The van der Waals surface area contributed by atoms with Gasteiger partial charge in [-0.2, -0.15) is 0 Å². The molecule has 0 aliphatic heterocycles. The third-order valence-corrected chi connectivity index (χ3v) is 2.46. The lowest BCUT2D eigenvalue weighted by Crippen LogP contribution is -2.37. The molecule has 76 valence electrons. The van der Waals surface area contributed by atoms with Gasteiger partial charge in [-0.05, 0) is 25.7 Å². The van der Waals surface area contributed by atoms with Crippen molar-refractivity contribution in [2.45, 2.75) is 37.8 Å². The Morgan fingerprint density at radius 1 is 1.46 bits per heavy atom. The Kier molecular flexibility index (Phi) is 4.18. The molecule has 1 fully saturated rings. The van der Waals surface area contributed by atoms with Crippen molar-refractivity contribution < 1.29 is 14.6 Å². The summed E-state index contributed by atoms with van der Waals surface area (Å²) < 4.78 is 4.51. The maximum Gasteiger partial charge on any atom is 0.319 e. The number of carbonyl (C=O) groups is 1. The molecular formula is C9H17NO3. The number of hydrogen-bond acceptors (Lipinski definition) is 4. The second-order valence-electron chi connectivity index (χ2n) is 3.46. The Hall–Kier alpha value is -0.610. The molecule has 1 aliphatic rings. The molecule has 13 heavy (non-hydrogen) atoms. The second kappa shape index (κ2) is 5.19. The van der Waals surface area contributed by atoms with Crippen LogP contribution in [0, 0.1) is 0 Å². The fourth-order valence-corrected chi connectivity index (χ4v) is 1.58. The van der Waals surface area contributed by atoms with Gasteiger partial charge in [-0.3, -0.25) is 4.79 Å². The van der Waals surface area contributed by atoms with Crippen molar-refractivity contribution in [3.05, 3.63) is 0 Å². The Morgan fingerprint density at radius 2 is 2.08 bits per heavy atom. The Morgan fingerprint density at radius 3 is 2.62 bits per heavy atom. The lowest BCUT2D eigenvalue weighted by atomic mass is 9.93. The SMILES string of the molecule is COC(=O)CNC1CCC(O)CC1. The van der Waals surface area contributed by atoms with Crippen molar-refractivity contribution in [2.75, 3.05) is 13.7 Å². The first kappa shape index (κ1) is 10.5. The minimum atomic E-state index is -0.230. The summed E-state index contributed by atoms with van der Waals surface area (Å²) in [4.78, 5) is 10.8. The van der Waals surface area contributed by atoms with Crippen molar-refractivity contribution in [1.82, 2.24) is 5.32 Å². The highest BCUT2D eigenvalue weighted by molar-refractivity contribution is 5.71. The van der Waals surface area contributed by atoms with Gasteiger partial charge in [-0.25, -0.2) is 0 Å². The van der Waals surface area contributed by atoms with Gasteiger partial charge in [0.1, 0.15) is 0 Å². The van der Waals surface area contributed by atoms with Gasteiger partial charge in [0.2, 0.25) is 0 Å². The first-order valence-electron chi connectivity index (χ1n) is 4.70. The van der Waals surface area contributed by atoms with E-state index in [1.54, 1.807) is 0 Å². The summed E-state index contributed by atoms with van der Waals surface area (Å²) in [6.07, 6.45) is 3.41. The number of carbonyl (C=O) groups excluding carboxylic acids is 1. The number of ether oxygens (including phenoxy) is 1. The summed E-state index contributed by atoms with van der Waals surface area (Å²) >= 11 is 0. The summed E-state index contributed by atoms with van der Waals surface area (Å²) in [6, 6.07) is 0.363. The zero-order chi connectivity index (χ0) is 9.68. The standard InChI is InChI=1S/C9H17NO3/c1-13-9(12)6-10-7-2-4-8(11)5-3-7/h7-8,10-11H,2-6H2,1H3. The fraction of sp³-hybridized carbons (Fsp3) is 0.889. The molecule has 4 nitrogen and oxygen atoms in total. The lowest BCUT2D eigenvalue weighted by Gasteiger charge is -2.25. The van der Waals surface area contributed by atoms with Crippen LogP contribution in [-0.4, -0.2) is 36.9 Å². The smallest absolute Gasteiger partial charge is 0.319 e. The monoisotopic (exact) mass is 187 g/mol. The van der Waals surface area contributed by atoms with E-state index in [0.717, 1.165) is 25.7 Å². The lowest BCUT2D eigenvalue weighted by molar-refractivity contribution is -0.139. The molecule has 0 heterocycles. The van der Waals surface area contributed by atoms with Gasteiger partial charge in [-0.15, -0.1) is 0 Å². The number of hydrogen-bond donors (Lipinski definition) is 2. The first-order chi connectivity index (χ1) is 6.22. The van der Waals surface area contributed by atoms with Gasteiger partial charge in [0.25, 0.3) is 0 Å². The zero-order valence-corrected chi connectivity index (χ0v) is 7.95. The van der Waals surface area contributed by atoms with Crippen LogP contribution in [0.3, 0.4) is 0 Å². The topological polar surface area (TPSA) is 58.6 Å². The number of aliphatic hydroxyl groups excluding tert-OH is 1. The molecular weight excluding hydrogens is 170 g/mol. The van der Waals surface area contributed by atoms with Crippen LogP contribution in [0.25, 0.3) is 0 Å². The van der Waals surface area contributed by atoms with Crippen LogP contribution in [0.4, 0.5) is 0 Å². The third kappa shape index (κ3) is 3.74. The van der Waals surface area contributed by atoms with Crippen molar-refractivity contribution >= 4 is 5.97 Å². The summed E-state index contributed by atoms with van der Waals surface area (Å²) in [6.45, 7) is 0.275. The second-order valence-corrected chi connectivity index (χ2v) is 3.46. The van der Waals surface area contributed by atoms with Crippen LogP contribution in [0.5, 0.6) is 0 Å². The number of nitrogens with one attached hydrogen (secondary N) is 1. The molecule has 0 bridgehead atoms. The molecule has 0 radical (unpaired) electrons. The largest absolute Gasteiger partial charge is 0.468 e. The summed E-state index contributed by atoms with van der Waals surface area (Å²) in [5.41, 5.74) is 0. The molecule has 0 spiro atoms. The quantitative estimate of drug-likeness (QED) is 0.613. The molecule has 0 unspecified atom stereocenters. The van der Waals surface area contributed by atoms with Gasteiger partial charge in [0.05, 0.1) is 19.8 Å². The minimum absolute atomic E-state index is 0.142. The van der Waals surface area contributed by atoms with E-state index >= 15 is 0 Å². The van der Waals surface area contributed by atoms with Crippen LogP contribution in [0.2, 0.25) is 0 Å². The van der Waals surface area contributed by atoms with Crippen LogP contribution < -0.4 is 5.32 Å². The highest BCUT2D eigenvalue weighted by Crippen LogP contribution is 2.17. The van der Waals surface area contributed by atoms with E-state index in [1.807, 2.05) is 0 Å². The van der Waals surface area contributed by atoms with Crippen LogP contribution in [0.1, 0.15) is 25.7 Å². The molecule has 0 saturated heterocycles. The van der Waals surface area contributed by atoms with Crippen LogP contribution in [-0.2, 0) is 9.53 Å². The molecule has 0 aromatic carbocycles. The third-order valence-electron chi connectivity index (χ3n) is 2.46. The molecule has 0 aromatic rings. The predicted octanol–water partition coefficient (Wildman–Crippen LogP) is 0.0525. The Labute approximate surface area is 78.3 Å². The van der Waals surface area contributed by atoms with E-state index < -0.39 is 0 Å². The van der Waals surface area contributed by atoms with Gasteiger partial charge in [0.15, 0.2) is 0 Å². The zero-order valence-electron chi connectivity index (χ0n) is 7.95. The maximum atomic E-state index is 10.8. The molecule has 4 heteroatoms. The Bertz CT molecular complexity index is 164. The van der Waals surface area contributed by atoms with Gasteiger partial charge in [-0.1, -0.05) is 0 Å². The normalized spacial score (nSPS) is 28.5. The number of methoxy groups -OCH3 is 1. The van der Waals surface area contributed by atoms with E-state index in [0.29, 0.717) is 6.04 Å². The summed E-state index contributed by atoms with van der Waals surface area (Å²) in [5.74, 6) is -0.230. The number of esters is 1. The van der Waals surface area contributed by atoms with E-state index in [-0.39, 0.29) is 18.6 Å². The van der Waals surface area contributed by atoms with E-state index in [9.17, 15) is 9.90 Å². The van der Waals surface area contributed by atoms with Crippen molar-refractivity contribution in [3.8, 4) is 0 Å². The van der Waals surface area contributed by atoms with Crippen LogP contribution >= 0.6 is 0 Å². The molecule has 1 saturated carbocycles.